The Bertz CT molecular complexity index is 1500. The predicted octanol–water partition coefficient (Wildman–Crippen LogP) is 2.46. The number of aromatic nitrogens is 4. The van der Waals surface area contributed by atoms with Crippen LogP contribution in [0.4, 0.5) is 8.78 Å². The summed E-state index contributed by atoms with van der Waals surface area (Å²) in [7, 11) is 0. The SMILES string of the molecule is CC1([C@H]2C[C@@H]2c2ccc(C(=O)N3CCC(F)(F)C3)cc2)CC(c2c[nH]c(=O)[nH]c2=O)=Nn2ccnc21. The largest absolute Gasteiger partial charge is 0.332 e. The van der Waals surface area contributed by atoms with Crippen LogP contribution in [0.1, 0.15) is 59.4 Å². The Kier molecular flexibility index (Phi) is 4.89. The Morgan fingerprint density at radius 2 is 1.97 bits per heavy atom. The number of H-pyrrole nitrogens is 2. The van der Waals surface area contributed by atoms with E-state index in [1.807, 2.05) is 12.1 Å². The van der Waals surface area contributed by atoms with Gasteiger partial charge in [-0.05, 0) is 36.0 Å². The van der Waals surface area contributed by atoms with Crippen LogP contribution < -0.4 is 11.2 Å². The number of carbonyl (C=O) groups excluding carboxylic acids is 1. The van der Waals surface area contributed by atoms with Crippen molar-refractivity contribution in [2.45, 2.75) is 43.4 Å². The van der Waals surface area contributed by atoms with Crippen molar-refractivity contribution >= 4 is 11.6 Å². The Hall–Kier alpha value is -3.89. The number of imidazole rings is 1. The molecule has 1 aliphatic carbocycles. The third-order valence-electron chi connectivity index (χ3n) is 7.68. The van der Waals surface area contributed by atoms with Gasteiger partial charge in [-0.15, -0.1) is 0 Å². The number of hydrogen-bond acceptors (Lipinski definition) is 5. The number of nitrogens with one attached hydrogen (secondary N) is 2. The highest BCUT2D eigenvalue weighted by Crippen LogP contribution is 2.59. The number of rotatable bonds is 4. The van der Waals surface area contributed by atoms with E-state index < -0.39 is 29.1 Å². The van der Waals surface area contributed by atoms with Crippen molar-refractivity contribution in [2.24, 2.45) is 11.0 Å². The van der Waals surface area contributed by atoms with E-state index in [4.69, 9.17) is 0 Å². The van der Waals surface area contributed by atoms with Gasteiger partial charge in [0.05, 0.1) is 17.8 Å². The highest BCUT2D eigenvalue weighted by Gasteiger charge is 2.55. The minimum Gasteiger partial charge on any atom is -0.332 e. The average molecular weight is 495 g/mol. The van der Waals surface area contributed by atoms with Crippen LogP contribution in [0.2, 0.25) is 0 Å². The third-order valence-corrected chi connectivity index (χ3v) is 7.68. The molecule has 2 N–H and O–H groups in total. The van der Waals surface area contributed by atoms with Gasteiger partial charge in [0.2, 0.25) is 0 Å². The fourth-order valence-electron chi connectivity index (χ4n) is 5.68. The number of aromatic amines is 2. The van der Waals surface area contributed by atoms with Crippen LogP contribution in [0.25, 0.3) is 0 Å². The molecule has 2 fully saturated rings. The maximum atomic E-state index is 13.5. The molecule has 1 saturated heterocycles. The van der Waals surface area contributed by atoms with Crippen LogP contribution in [0.5, 0.6) is 0 Å². The summed E-state index contributed by atoms with van der Waals surface area (Å²) in [6.07, 6.45) is 5.87. The summed E-state index contributed by atoms with van der Waals surface area (Å²) in [6, 6.07) is 7.21. The highest BCUT2D eigenvalue weighted by atomic mass is 19.3. The Morgan fingerprint density at radius 3 is 2.67 bits per heavy atom. The minimum atomic E-state index is -2.82. The Labute approximate surface area is 203 Å². The van der Waals surface area contributed by atoms with Gasteiger partial charge in [0, 0.05) is 49.0 Å². The van der Waals surface area contributed by atoms with Gasteiger partial charge in [-0.25, -0.2) is 23.2 Å². The first kappa shape index (κ1) is 22.6. The van der Waals surface area contributed by atoms with Crippen LogP contribution in [0.15, 0.2) is 57.5 Å². The summed E-state index contributed by atoms with van der Waals surface area (Å²) in [5.41, 5.74) is 0.861. The van der Waals surface area contributed by atoms with Gasteiger partial charge in [0.1, 0.15) is 5.82 Å². The smallest absolute Gasteiger partial charge is 0.325 e. The third kappa shape index (κ3) is 3.69. The van der Waals surface area contributed by atoms with Gasteiger partial charge in [-0.3, -0.25) is 14.6 Å². The van der Waals surface area contributed by atoms with Crippen LogP contribution in [0.3, 0.4) is 0 Å². The summed E-state index contributed by atoms with van der Waals surface area (Å²) in [6.45, 7) is 1.63. The van der Waals surface area contributed by atoms with Crippen LogP contribution in [0, 0.1) is 5.92 Å². The van der Waals surface area contributed by atoms with E-state index in [1.54, 1.807) is 29.2 Å². The lowest BCUT2D eigenvalue weighted by Gasteiger charge is -2.33. The number of carbonyl (C=O) groups is 1. The lowest BCUT2D eigenvalue weighted by Crippen LogP contribution is -2.38. The molecule has 1 aromatic carbocycles. The normalized spacial score (nSPS) is 26.4. The van der Waals surface area contributed by atoms with Crippen molar-refractivity contribution in [3.05, 3.63) is 86.2 Å². The summed E-state index contributed by atoms with van der Waals surface area (Å²) >= 11 is 0. The molecule has 3 aromatic rings. The molecule has 1 unspecified atom stereocenters. The average Bonchev–Trinajstić information content (AvgIpc) is 3.37. The molecular formula is C25H24F2N6O3. The summed E-state index contributed by atoms with van der Waals surface area (Å²) in [5.74, 6) is -1.96. The second kappa shape index (κ2) is 7.81. The number of hydrogen-bond donors (Lipinski definition) is 2. The summed E-state index contributed by atoms with van der Waals surface area (Å²) in [5, 5.41) is 4.58. The van der Waals surface area contributed by atoms with Gasteiger partial charge in [-0.2, -0.15) is 5.10 Å². The van der Waals surface area contributed by atoms with E-state index >= 15 is 0 Å². The second-order valence-corrected chi connectivity index (χ2v) is 10.1. The van der Waals surface area contributed by atoms with Crippen molar-refractivity contribution in [1.82, 2.24) is 24.5 Å². The number of nitrogens with zero attached hydrogens (tertiary/aromatic N) is 4. The maximum Gasteiger partial charge on any atom is 0.325 e. The topological polar surface area (TPSA) is 116 Å². The van der Waals surface area contributed by atoms with Crippen molar-refractivity contribution in [2.75, 3.05) is 13.1 Å². The molecule has 4 heterocycles. The molecule has 0 bridgehead atoms. The molecular weight excluding hydrogens is 470 g/mol. The molecule has 36 heavy (non-hydrogen) atoms. The summed E-state index contributed by atoms with van der Waals surface area (Å²) < 4.78 is 28.7. The van der Waals surface area contributed by atoms with Crippen molar-refractivity contribution in [1.29, 1.82) is 0 Å². The van der Waals surface area contributed by atoms with Gasteiger partial charge < -0.3 is 9.88 Å². The van der Waals surface area contributed by atoms with Crippen molar-refractivity contribution < 1.29 is 13.6 Å². The molecule has 2 aromatic heterocycles. The van der Waals surface area contributed by atoms with E-state index in [1.165, 1.54) is 11.1 Å². The van der Waals surface area contributed by atoms with Gasteiger partial charge in [0.25, 0.3) is 17.4 Å². The molecule has 0 spiro atoms. The zero-order valence-corrected chi connectivity index (χ0v) is 19.5. The number of alkyl halides is 2. The number of benzene rings is 1. The van der Waals surface area contributed by atoms with E-state index in [0.29, 0.717) is 23.3 Å². The molecule has 11 heteroatoms. The molecule has 6 rings (SSSR count). The van der Waals surface area contributed by atoms with Crippen molar-refractivity contribution in [3.63, 3.8) is 0 Å². The number of halogens is 2. The monoisotopic (exact) mass is 494 g/mol. The highest BCUT2D eigenvalue weighted by molar-refractivity contribution is 6.01. The number of amides is 1. The minimum absolute atomic E-state index is 0.0608. The first-order chi connectivity index (χ1) is 17.1. The number of likely N-dealkylation sites (tertiary alicyclic amines) is 1. The molecule has 3 aliphatic rings. The van der Waals surface area contributed by atoms with Crippen LogP contribution in [-0.4, -0.2) is 55.2 Å². The van der Waals surface area contributed by atoms with Gasteiger partial charge in [0.15, 0.2) is 0 Å². The van der Waals surface area contributed by atoms with Crippen LogP contribution in [-0.2, 0) is 5.41 Å². The zero-order valence-electron chi connectivity index (χ0n) is 19.5. The molecule has 2 aliphatic heterocycles. The maximum absolute atomic E-state index is 13.5. The van der Waals surface area contributed by atoms with Crippen LogP contribution >= 0.6 is 0 Å². The van der Waals surface area contributed by atoms with E-state index in [9.17, 15) is 23.2 Å². The first-order valence-electron chi connectivity index (χ1n) is 11.9. The van der Waals surface area contributed by atoms with Crippen molar-refractivity contribution in [3.8, 4) is 0 Å². The van der Waals surface area contributed by atoms with Gasteiger partial charge >= 0.3 is 5.69 Å². The standard InChI is InChI=1S/C25H24F2N6O3/c1-24(11-19(31-33-9-7-28-22(24)33)17-12-29-23(36)30-20(17)34)18-10-16(18)14-2-4-15(5-3-14)21(35)32-8-6-25(26,27)13-32/h2-5,7,9,12,16,18H,6,8,10-11,13H2,1H3,(H2,29,30,34,36)/t16-,18+,24?/m1/s1. The predicted molar refractivity (Wildman–Crippen MR) is 127 cm³/mol. The molecule has 1 amide bonds. The Morgan fingerprint density at radius 1 is 1.19 bits per heavy atom. The van der Waals surface area contributed by atoms with E-state index in [-0.39, 0.29) is 30.7 Å². The zero-order chi connectivity index (χ0) is 25.2. The van der Waals surface area contributed by atoms with E-state index in [2.05, 4.69) is 27.0 Å². The quantitative estimate of drug-likeness (QED) is 0.580. The molecule has 3 atom stereocenters. The second-order valence-electron chi connectivity index (χ2n) is 10.1. The van der Waals surface area contributed by atoms with Gasteiger partial charge in [-0.1, -0.05) is 19.1 Å². The molecule has 9 nitrogen and oxygen atoms in total. The molecule has 1 saturated carbocycles. The lowest BCUT2D eigenvalue weighted by molar-refractivity contribution is 0.0120. The fourth-order valence-corrected chi connectivity index (χ4v) is 5.68. The molecule has 0 radical (unpaired) electrons. The lowest BCUT2D eigenvalue weighted by atomic mass is 9.76. The number of fused-ring (bicyclic) bond motifs is 1. The van der Waals surface area contributed by atoms with E-state index in [0.717, 1.165) is 17.8 Å². The molecule has 186 valence electrons. The Balaban J connectivity index is 1.24. The summed E-state index contributed by atoms with van der Waals surface area (Å²) in [4.78, 5) is 47.1. The fraction of sp³-hybridized carbons (Fsp3) is 0.400. The first-order valence-corrected chi connectivity index (χ1v) is 11.9.